The van der Waals surface area contributed by atoms with Gasteiger partial charge in [0.2, 0.25) is 0 Å². The molecule has 0 aromatic heterocycles. The van der Waals surface area contributed by atoms with Gasteiger partial charge < -0.3 is 0 Å². The quantitative estimate of drug-likeness (QED) is 0.209. The topological polar surface area (TPSA) is 0 Å². The van der Waals surface area contributed by atoms with Crippen molar-refractivity contribution < 1.29 is 0 Å². The van der Waals surface area contributed by atoms with Crippen LogP contribution < -0.4 is 0 Å². The maximum absolute atomic E-state index is 2.42. The molecule has 8 aromatic rings. The second-order valence-electron chi connectivity index (χ2n) is 10.5. The molecule has 0 radical (unpaired) electrons. The molecule has 0 aliphatic carbocycles. The minimum Gasteiger partial charge on any atom is -0.0622 e. The van der Waals surface area contributed by atoms with E-state index in [9.17, 15) is 0 Å². The molecule has 0 aliphatic heterocycles. The SMILES string of the molecule is c1ccc(-c2cc3ccccc3cc2-c2cc3cc(-c4ccccc4)c4ccccc4c3c3ccccc23)cc1. The first-order chi connectivity index (χ1) is 19.8. The van der Waals surface area contributed by atoms with Crippen molar-refractivity contribution in [3.8, 4) is 33.4 Å². The third kappa shape index (κ3) is 3.61. The third-order valence-corrected chi connectivity index (χ3v) is 8.21. The summed E-state index contributed by atoms with van der Waals surface area (Å²) < 4.78 is 0. The molecule has 186 valence electrons. The average Bonchev–Trinajstić information content (AvgIpc) is 3.04. The Hall–Kier alpha value is -5.20. The predicted octanol–water partition coefficient (Wildman–Crippen LogP) is 11.3. The highest BCUT2D eigenvalue weighted by Crippen LogP contribution is 2.44. The summed E-state index contributed by atoms with van der Waals surface area (Å²) in [5.74, 6) is 0. The zero-order chi connectivity index (χ0) is 26.5. The van der Waals surface area contributed by atoms with E-state index in [4.69, 9.17) is 0 Å². The van der Waals surface area contributed by atoms with E-state index in [1.807, 2.05) is 0 Å². The number of rotatable bonds is 3. The fourth-order valence-electron chi connectivity index (χ4n) is 6.38. The minimum atomic E-state index is 1.23. The zero-order valence-electron chi connectivity index (χ0n) is 22.0. The van der Waals surface area contributed by atoms with E-state index in [-0.39, 0.29) is 0 Å². The molecule has 0 unspecified atom stereocenters. The van der Waals surface area contributed by atoms with Gasteiger partial charge in [0.15, 0.2) is 0 Å². The van der Waals surface area contributed by atoms with Crippen LogP contribution in [-0.4, -0.2) is 0 Å². The lowest BCUT2D eigenvalue weighted by Gasteiger charge is -2.18. The number of hydrogen-bond acceptors (Lipinski definition) is 0. The zero-order valence-corrected chi connectivity index (χ0v) is 22.0. The van der Waals surface area contributed by atoms with Crippen molar-refractivity contribution in [2.75, 3.05) is 0 Å². The monoisotopic (exact) mass is 506 g/mol. The largest absolute Gasteiger partial charge is 0.0622 e. The van der Waals surface area contributed by atoms with Crippen LogP contribution in [0.3, 0.4) is 0 Å². The molecule has 0 bridgehead atoms. The van der Waals surface area contributed by atoms with Crippen LogP contribution in [-0.2, 0) is 0 Å². The lowest BCUT2D eigenvalue weighted by molar-refractivity contribution is 1.63. The smallest absolute Gasteiger partial charge is 0.00259 e. The molecule has 0 amide bonds. The molecule has 8 rings (SSSR count). The molecule has 0 atom stereocenters. The van der Waals surface area contributed by atoms with Crippen LogP contribution in [0.25, 0.3) is 76.5 Å². The van der Waals surface area contributed by atoms with E-state index in [1.165, 1.54) is 76.5 Å². The van der Waals surface area contributed by atoms with Crippen molar-refractivity contribution in [2.24, 2.45) is 0 Å². The van der Waals surface area contributed by atoms with Crippen LogP contribution in [0.2, 0.25) is 0 Å². The Morgan fingerprint density at radius 1 is 0.250 bits per heavy atom. The summed E-state index contributed by atoms with van der Waals surface area (Å²) in [6.45, 7) is 0. The first-order valence-corrected chi connectivity index (χ1v) is 13.9. The standard InChI is InChI=1S/C40H26/c1-3-13-27(14-4-1)36-25-31-26-38(33-20-10-12-22-35(33)40(31)34-21-11-9-19-32(34)36)39-24-30-18-8-7-17-29(30)23-37(39)28-15-5-2-6-16-28/h1-26H. The second-order valence-corrected chi connectivity index (χ2v) is 10.5. The number of fused-ring (bicyclic) bond motifs is 6. The van der Waals surface area contributed by atoms with Crippen LogP contribution in [0.1, 0.15) is 0 Å². The summed E-state index contributed by atoms with van der Waals surface area (Å²) in [7, 11) is 0. The first-order valence-electron chi connectivity index (χ1n) is 13.9. The van der Waals surface area contributed by atoms with Gasteiger partial charge in [0.25, 0.3) is 0 Å². The van der Waals surface area contributed by atoms with E-state index in [2.05, 4.69) is 158 Å². The molecule has 0 saturated heterocycles. The van der Waals surface area contributed by atoms with Gasteiger partial charge in [-0.15, -0.1) is 0 Å². The highest BCUT2D eigenvalue weighted by atomic mass is 14.2. The molecule has 0 fully saturated rings. The number of hydrogen-bond donors (Lipinski definition) is 0. The van der Waals surface area contributed by atoms with Gasteiger partial charge in [0.1, 0.15) is 0 Å². The lowest BCUT2D eigenvalue weighted by atomic mass is 9.85. The summed E-state index contributed by atoms with van der Waals surface area (Å²) in [6.07, 6.45) is 0. The normalized spacial score (nSPS) is 11.5. The van der Waals surface area contributed by atoms with Gasteiger partial charge in [-0.25, -0.2) is 0 Å². The van der Waals surface area contributed by atoms with Gasteiger partial charge in [0, 0.05) is 0 Å². The van der Waals surface area contributed by atoms with E-state index in [0.717, 1.165) is 0 Å². The first kappa shape index (κ1) is 22.8. The molecule has 0 N–H and O–H groups in total. The summed E-state index contributed by atoms with van der Waals surface area (Å²) in [4.78, 5) is 0. The van der Waals surface area contributed by atoms with Gasteiger partial charge in [-0.05, 0) is 101 Å². The van der Waals surface area contributed by atoms with Crippen molar-refractivity contribution in [1.29, 1.82) is 0 Å². The number of benzene rings is 8. The Labute approximate surface area is 233 Å². The van der Waals surface area contributed by atoms with E-state index in [1.54, 1.807) is 0 Å². The van der Waals surface area contributed by atoms with E-state index < -0.39 is 0 Å². The molecule has 0 heteroatoms. The minimum absolute atomic E-state index is 1.23. The summed E-state index contributed by atoms with van der Waals surface area (Å²) in [5.41, 5.74) is 7.53. The Kier molecular flexibility index (Phi) is 5.24. The molecule has 8 aromatic carbocycles. The van der Waals surface area contributed by atoms with Crippen LogP contribution in [0, 0.1) is 0 Å². The second kappa shape index (κ2) is 9.22. The Bertz CT molecular complexity index is 2190. The highest BCUT2D eigenvalue weighted by molar-refractivity contribution is 6.26. The maximum Gasteiger partial charge on any atom is -0.00259 e. The van der Waals surface area contributed by atoms with Gasteiger partial charge in [0.05, 0.1) is 0 Å². The lowest BCUT2D eigenvalue weighted by Crippen LogP contribution is -1.91. The maximum atomic E-state index is 2.42. The fourth-order valence-corrected chi connectivity index (χ4v) is 6.38. The summed E-state index contributed by atoms with van der Waals surface area (Å²) in [5, 5.41) is 10.2. The van der Waals surface area contributed by atoms with E-state index >= 15 is 0 Å². The Balaban J connectivity index is 1.53. The fraction of sp³-hybridized carbons (Fsp3) is 0. The molecule has 0 heterocycles. The van der Waals surface area contributed by atoms with Crippen molar-refractivity contribution in [3.63, 3.8) is 0 Å². The van der Waals surface area contributed by atoms with Gasteiger partial charge >= 0.3 is 0 Å². The van der Waals surface area contributed by atoms with Gasteiger partial charge in [-0.2, -0.15) is 0 Å². The van der Waals surface area contributed by atoms with Gasteiger partial charge in [-0.3, -0.25) is 0 Å². The summed E-state index contributed by atoms with van der Waals surface area (Å²) in [6, 6.07) is 57.6. The Morgan fingerprint density at radius 3 is 1.25 bits per heavy atom. The average molecular weight is 507 g/mol. The van der Waals surface area contributed by atoms with Crippen molar-refractivity contribution in [2.45, 2.75) is 0 Å². The van der Waals surface area contributed by atoms with E-state index in [0.29, 0.717) is 0 Å². The summed E-state index contributed by atoms with van der Waals surface area (Å²) >= 11 is 0. The molecule has 0 spiro atoms. The van der Waals surface area contributed by atoms with Crippen molar-refractivity contribution in [3.05, 3.63) is 158 Å². The molecule has 0 saturated carbocycles. The van der Waals surface area contributed by atoms with Crippen molar-refractivity contribution in [1.82, 2.24) is 0 Å². The molecule has 0 aliphatic rings. The van der Waals surface area contributed by atoms with Crippen LogP contribution in [0.4, 0.5) is 0 Å². The molecule has 0 nitrogen and oxygen atoms in total. The third-order valence-electron chi connectivity index (χ3n) is 8.21. The predicted molar refractivity (Wildman–Crippen MR) is 173 cm³/mol. The van der Waals surface area contributed by atoms with Crippen LogP contribution in [0.5, 0.6) is 0 Å². The van der Waals surface area contributed by atoms with Crippen LogP contribution in [0.15, 0.2) is 158 Å². The molecule has 40 heavy (non-hydrogen) atoms. The molecular weight excluding hydrogens is 480 g/mol. The Morgan fingerprint density at radius 2 is 0.650 bits per heavy atom. The van der Waals surface area contributed by atoms with Crippen LogP contribution >= 0.6 is 0 Å². The van der Waals surface area contributed by atoms with Crippen molar-refractivity contribution >= 4 is 43.1 Å². The molecular formula is C40H26. The van der Waals surface area contributed by atoms with Gasteiger partial charge in [-0.1, -0.05) is 133 Å². The highest BCUT2D eigenvalue weighted by Gasteiger charge is 2.17.